The Bertz CT molecular complexity index is 717. The number of thiazole rings is 1. The Hall–Kier alpha value is -2.09. The third-order valence-corrected chi connectivity index (χ3v) is 4.98. The molecule has 22 heavy (non-hydrogen) atoms. The summed E-state index contributed by atoms with van der Waals surface area (Å²) < 4.78 is 13.2. The molecule has 1 N–H and O–H groups in total. The highest BCUT2D eigenvalue weighted by Crippen LogP contribution is 2.29. The third kappa shape index (κ3) is 2.33. The molecule has 1 amide bonds. The van der Waals surface area contributed by atoms with Gasteiger partial charge in [-0.25, -0.2) is 19.3 Å². The minimum atomic E-state index is -0.786. The molecule has 2 aromatic rings. The molecule has 0 radical (unpaired) electrons. The maximum absolute atomic E-state index is 13.2. The molecule has 4 rings (SSSR count). The maximum atomic E-state index is 13.2. The lowest BCUT2D eigenvalue weighted by atomic mass is 10.2. The topological polar surface area (TPSA) is 71.0 Å². The Labute approximate surface area is 130 Å². The molecule has 2 aliphatic heterocycles. The van der Waals surface area contributed by atoms with E-state index in [2.05, 4.69) is 20.3 Å². The van der Waals surface area contributed by atoms with Crippen molar-refractivity contribution >= 4 is 23.1 Å². The maximum Gasteiger partial charge on any atom is 0.263 e. The lowest BCUT2D eigenvalue weighted by Gasteiger charge is -2.15. The van der Waals surface area contributed by atoms with Crippen LogP contribution in [0.15, 0.2) is 12.4 Å². The molecule has 0 unspecified atom stereocenters. The normalized spacial score (nSPS) is 20.9. The van der Waals surface area contributed by atoms with E-state index in [9.17, 15) is 9.18 Å². The first-order valence-corrected chi connectivity index (χ1v) is 8.01. The van der Waals surface area contributed by atoms with Gasteiger partial charge in [0, 0.05) is 19.5 Å². The Balaban J connectivity index is 1.60. The number of alkyl halides is 1. The molecule has 1 atom stereocenters. The minimum Gasteiger partial charge on any atom is -0.352 e. The second kappa shape index (κ2) is 5.28. The van der Waals surface area contributed by atoms with E-state index in [1.54, 1.807) is 12.4 Å². The number of anilines is 1. The fourth-order valence-electron chi connectivity index (χ4n) is 2.70. The third-order valence-electron chi connectivity index (χ3n) is 3.86. The van der Waals surface area contributed by atoms with Crippen LogP contribution >= 0.6 is 11.3 Å². The SMILES string of the molecule is O=C1NCCc2nc(-c3cnc(N4CC[C@@H](F)C4)cn3)sc21. The van der Waals surface area contributed by atoms with Crippen LogP contribution in [0.3, 0.4) is 0 Å². The number of carbonyl (C=O) groups excluding carboxylic acids is 1. The van der Waals surface area contributed by atoms with E-state index >= 15 is 0 Å². The summed E-state index contributed by atoms with van der Waals surface area (Å²) in [5.74, 6) is 0.614. The van der Waals surface area contributed by atoms with E-state index in [1.165, 1.54) is 11.3 Å². The highest BCUT2D eigenvalue weighted by molar-refractivity contribution is 7.17. The van der Waals surface area contributed by atoms with Gasteiger partial charge in [0.25, 0.3) is 5.91 Å². The Morgan fingerprint density at radius 1 is 1.36 bits per heavy atom. The van der Waals surface area contributed by atoms with E-state index in [0.717, 1.165) is 12.1 Å². The number of halogens is 1. The van der Waals surface area contributed by atoms with Crippen LogP contribution in [0.25, 0.3) is 10.7 Å². The van der Waals surface area contributed by atoms with Gasteiger partial charge in [-0.1, -0.05) is 0 Å². The van der Waals surface area contributed by atoms with Crippen molar-refractivity contribution in [3.63, 3.8) is 0 Å². The zero-order chi connectivity index (χ0) is 15.1. The molecule has 114 valence electrons. The molecule has 4 heterocycles. The van der Waals surface area contributed by atoms with Gasteiger partial charge < -0.3 is 10.2 Å². The van der Waals surface area contributed by atoms with E-state index in [-0.39, 0.29) is 5.91 Å². The van der Waals surface area contributed by atoms with Crippen molar-refractivity contribution in [3.8, 4) is 10.7 Å². The zero-order valence-electron chi connectivity index (χ0n) is 11.8. The quantitative estimate of drug-likeness (QED) is 0.907. The van der Waals surface area contributed by atoms with Gasteiger partial charge in [0.1, 0.15) is 27.6 Å². The van der Waals surface area contributed by atoms with E-state index in [4.69, 9.17) is 0 Å². The molecular weight excluding hydrogens is 305 g/mol. The highest BCUT2D eigenvalue weighted by atomic mass is 32.1. The summed E-state index contributed by atoms with van der Waals surface area (Å²) in [6.45, 7) is 1.67. The predicted octanol–water partition coefficient (Wildman–Crippen LogP) is 1.43. The summed E-state index contributed by atoms with van der Waals surface area (Å²) in [7, 11) is 0. The lowest BCUT2D eigenvalue weighted by molar-refractivity contribution is 0.0950. The summed E-state index contributed by atoms with van der Waals surface area (Å²) in [6, 6.07) is 0. The number of aromatic nitrogens is 3. The second-order valence-electron chi connectivity index (χ2n) is 5.39. The first-order chi connectivity index (χ1) is 10.7. The number of nitrogens with one attached hydrogen (secondary N) is 1. The molecule has 8 heteroatoms. The summed E-state index contributed by atoms with van der Waals surface area (Å²) in [6.07, 6.45) is 3.79. The second-order valence-corrected chi connectivity index (χ2v) is 6.39. The van der Waals surface area contributed by atoms with Crippen molar-refractivity contribution < 1.29 is 9.18 Å². The van der Waals surface area contributed by atoms with E-state index < -0.39 is 6.17 Å². The largest absolute Gasteiger partial charge is 0.352 e. The van der Waals surface area contributed by atoms with Gasteiger partial charge >= 0.3 is 0 Å². The van der Waals surface area contributed by atoms with Crippen LogP contribution in [0.4, 0.5) is 10.2 Å². The van der Waals surface area contributed by atoms with Crippen LogP contribution in [0, 0.1) is 0 Å². The molecule has 2 aromatic heterocycles. The van der Waals surface area contributed by atoms with Gasteiger partial charge in [0.05, 0.1) is 24.6 Å². The average Bonchev–Trinajstić information content (AvgIpc) is 3.15. The van der Waals surface area contributed by atoms with Gasteiger partial charge in [0.2, 0.25) is 0 Å². The zero-order valence-corrected chi connectivity index (χ0v) is 12.6. The smallest absolute Gasteiger partial charge is 0.263 e. The van der Waals surface area contributed by atoms with Crippen molar-refractivity contribution in [1.29, 1.82) is 0 Å². The van der Waals surface area contributed by atoms with E-state index in [1.807, 2.05) is 4.90 Å². The number of hydrogen-bond acceptors (Lipinski definition) is 6. The van der Waals surface area contributed by atoms with Crippen LogP contribution in [-0.2, 0) is 6.42 Å². The number of carbonyl (C=O) groups is 1. The molecule has 1 saturated heterocycles. The van der Waals surface area contributed by atoms with Crippen LogP contribution in [0.2, 0.25) is 0 Å². The van der Waals surface area contributed by atoms with Gasteiger partial charge in [-0.05, 0) is 6.42 Å². The van der Waals surface area contributed by atoms with Gasteiger partial charge in [-0.3, -0.25) is 4.79 Å². The van der Waals surface area contributed by atoms with Crippen LogP contribution in [0.1, 0.15) is 21.8 Å². The number of hydrogen-bond donors (Lipinski definition) is 1. The van der Waals surface area contributed by atoms with Gasteiger partial charge in [-0.15, -0.1) is 11.3 Å². The molecule has 0 bridgehead atoms. The van der Waals surface area contributed by atoms with Gasteiger partial charge in [-0.2, -0.15) is 0 Å². The standard InChI is InChI=1S/C14H14FN5OS/c15-8-2-4-20(7-8)11-6-17-10(5-18-11)14-19-9-1-3-16-13(21)12(9)22-14/h5-6,8H,1-4,7H2,(H,16,21)/t8-/m1/s1. The average molecular weight is 319 g/mol. The molecular formula is C14H14FN5OS. The highest BCUT2D eigenvalue weighted by Gasteiger charge is 2.24. The monoisotopic (exact) mass is 319 g/mol. The lowest BCUT2D eigenvalue weighted by Crippen LogP contribution is -2.30. The molecule has 0 saturated carbocycles. The molecule has 2 aliphatic rings. The fourth-order valence-corrected chi connectivity index (χ4v) is 3.69. The van der Waals surface area contributed by atoms with Crippen molar-refractivity contribution in [1.82, 2.24) is 20.3 Å². The number of nitrogens with zero attached hydrogens (tertiary/aromatic N) is 4. The fraction of sp³-hybridized carbons (Fsp3) is 0.429. The predicted molar refractivity (Wildman–Crippen MR) is 80.9 cm³/mol. The molecule has 0 aliphatic carbocycles. The Kier molecular flexibility index (Phi) is 3.25. The number of rotatable bonds is 2. The van der Waals surface area contributed by atoms with E-state index in [0.29, 0.717) is 47.5 Å². The summed E-state index contributed by atoms with van der Waals surface area (Å²) >= 11 is 1.34. The first kappa shape index (κ1) is 13.6. The first-order valence-electron chi connectivity index (χ1n) is 7.20. The minimum absolute atomic E-state index is 0.0689. The van der Waals surface area contributed by atoms with Crippen molar-refractivity contribution in [2.45, 2.75) is 19.0 Å². The van der Waals surface area contributed by atoms with Crippen molar-refractivity contribution in [2.75, 3.05) is 24.5 Å². The summed E-state index contributed by atoms with van der Waals surface area (Å²) in [5.41, 5.74) is 1.47. The van der Waals surface area contributed by atoms with Crippen LogP contribution < -0.4 is 10.2 Å². The molecule has 0 spiro atoms. The van der Waals surface area contributed by atoms with Crippen molar-refractivity contribution in [3.05, 3.63) is 23.0 Å². The Morgan fingerprint density at radius 3 is 2.95 bits per heavy atom. The molecule has 1 fully saturated rings. The van der Waals surface area contributed by atoms with Crippen LogP contribution in [0.5, 0.6) is 0 Å². The summed E-state index contributed by atoms with van der Waals surface area (Å²) in [5, 5.41) is 3.51. The van der Waals surface area contributed by atoms with Gasteiger partial charge in [0.15, 0.2) is 0 Å². The molecule has 0 aromatic carbocycles. The summed E-state index contributed by atoms with van der Waals surface area (Å²) in [4.78, 5) is 27.5. The van der Waals surface area contributed by atoms with Crippen LogP contribution in [-0.4, -0.2) is 46.7 Å². The Morgan fingerprint density at radius 2 is 2.27 bits per heavy atom. The number of amides is 1. The molecule has 6 nitrogen and oxygen atoms in total. The van der Waals surface area contributed by atoms with Crippen molar-refractivity contribution in [2.24, 2.45) is 0 Å². The number of fused-ring (bicyclic) bond motifs is 1.